The van der Waals surface area contributed by atoms with Crippen molar-refractivity contribution in [2.75, 3.05) is 10.2 Å². The van der Waals surface area contributed by atoms with Crippen molar-refractivity contribution in [2.45, 2.75) is 19.4 Å². The molecule has 2 aromatic rings. The van der Waals surface area contributed by atoms with Crippen LogP contribution in [0, 0.1) is 0 Å². The van der Waals surface area contributed by atoms with Crippen LogP contribution < -0.4 is 10.2 Å². The second-order valence-corrected chi connectivity index (χ2v) is 6.21. The summed E-state index contributed by atoms with van der Waals surface area (Å²) in [7, 11) is 0. The molecular weight excluding hydrogens is 296 g/mol. The number of para-hydroxylation sites is 1. The van der Waals surface area contributed by atoms with Crippen LogP contribution in [0.3, 0.4) is 0 Å². The van der Waals surface area contributed by atoms with E-state index < -0.39 is 0 Å². The molecule has 0 fully saturated rings. The van der Waals surface area contributed by atoms with E-state index >= 15 is 0 Å². The summed E-state index contributed by atoms with van der Waals surface area (Å²) >= 11 is 6.08. The molecule has 22 heavy (non-hydrogen) atoms. The summed E-state index contributed by atoms with van der Waals surface area (Å²) in [6.07, 6.45) is 2.94. The fraction of sp³-hybridized carbons (Fsp3) is 0.167. The Labute approximate surface area is 134 Å². The average Bonchev–Trinajstić information content (AvgIpc) is 2.98. The molecule has 0 saturated carbocycles. The lowest BCUT2D eigenvalue weighted by atomic mass is 10.1. The number of hydrogen-bond acceptors (Lipinski definition) is 2. The smallest absolute Gasteiger partial charge is 0.257 e. The number of halogens is 1. The van der Waals surface area contributed by atoms with Crippen LogP contribution in [-0.2, 0) is 11.2 Å². The first-order valence-electron chi connectivity index (χ1n) is 7.33. The van der Waals surface area contributed by atoms with E-state index in [4.69, 9.17) is 11.6 Å². The van der Waals surface area contributed by atoms with Crippen LogP contribution in [0.25, 0.3) is 5.57 Å². The molecular formula is C18H15ClN2O. The first-order valence-corrected chi connectivity index (χ1v) is 7.70. The third-order valence-electron chi connectivity index (χ3n) is 4.29. The van der Waals surface area contributed by atoms with E-state index in [1.807, 2.05) is 24.4 Å². The van der Waals surface area contributed by atoms with Gasteiger partial charge in [-0.2, -0.15) is 0 Å². The van der Waals surface area contributed by atoms with Crippen LogP contribution in [0.5, 0.6) is 0 Å². The van der Waals surface area contributed by atoms with E-state index in [0.29, 0.717) is 16.6 Å². The van der Waals surface area contributed by atoms with Gasteiger partial charge in [0.25, 0.3) is 5.91 Å². The Morgan fingerprint density at radius 3 is 2.95 bits per heavy atom. The highest BCUT2D eigenvalue weighted by Crippen LogP contribution is 2.37. The van der Waals surface area contributed by atoms with Crippen molar-refractivity contribution < 1.29 is 4.79 Å². The average molecular weight is 311 g/mol. The number of amides is 1. The number of nitrogens with one attached hydrogen (secondary N) is 1. The van der Waals surface area contributed by atoms with Gasteiger partial charge in [0.2, 0.25) is 0 Å². The van der Waals surface area contributed by atoms with Crippen molar-refractivity contribution in [1.29, 1.82) is 0 Å². The maximum absolute atomic E-state index is 12.3. The number of fused-ring (bicyclic) bond motifs is 2. The lowest BCUT2D eigenvalue weighted by Gasteiger charge is -2.21. The molecule has 110 valence electrons. The van der Waals surface area contributed by atoms with Gasteiger partial charge in [-0.1, -0.05) is 29.8 Å². The van der Waals surface area contributed by atoms with Crippen LogP contribution in [-0.4, -0.2) is 11.9 Å². The Balaban J connectivity index is 1.81. The SMILES string of the molecule is CC1Cc2ccccc2N1/C=C1/C(=O)Nc2ccc(Cl)cc21. The highest BCUT2D eigenvalue weighted by atomic mass is 35.5. The van der Waals surface area contributed by atoms with Gasteiger partial charge in [-0.05, 0) is 43.2 Å². The molecule has 2 aliphatic heterocycles. The zero-order valence-electron chi connectivity index (χ0n) is 12.1. The molecule has 1 N–H and O–H groups in total. The third-order valence-corrected chi connectivity index (χ3v) is 4.53. The van der Waals surface area contributed by atoms with E-state index in [1.165, 1.54) is 11.3 Å². The van der Waals surface area contributed by atoms with Crippen molar-refractivity contribution >= 4 is 34.5 Å². The van der Waals surface area contributed by atoms with Gasteiger partial charge in [-0.15, -0.1) is 0 Å². The summed E-state index contributed by atoms with van der Waals surface area (Å²) in [6, 6.07) is 14.1. The minimum Gasteiger partial charge on any atom is -0.344 e. The highest BCUT2D eigenvalue weighted by Gasteiger charge is 2.29. The van der Waals surface area contributed by atoms with Crippen LogP contribution in [0.2, 0.25) is 5.02 Å². The first-order chi connectivity index (χ1) is 10.6. The molecule has 0 spiro atoms. The minimum atomic E-state index is -0.0751. The van der Waals surface area contributed by atoms with Crippen molar-refractivity contribution in [1.82, 2.24) is 0 Å². The van der Waals surface area contributed by atoms with Gasteiger partial charge in [0.15, 0.2) is 0 Å². The maximum atomic E-state index is 12.3. The van der Waals surface area contributed by atoms with E-state index in [2.05, 4.69) is 35.3 Å². The van der Waals surface area contributed by atoms with Crippen molar-refractivity contribution in [3.63, 3.8) is 0 Å². The number of benzene rings is 2. The normalized spacial score (nSPS) is 21.0. The summed E-state index contributed by atoms with van der Waals surface area (Å²) in [4.78, 5) is 14.5. The van der Waals surface area contributed by atoms with Crippen LogP contribution in [0.1, 0.15) is 18.1 Å². The zero-order chi connectivity index (χ0) is 15.3. The molecule has 2 aromatic carbocycles. The summed E-state index contributed by atoms with van der Waals surface area (Å²) in [6.45, 7) is 2.17. The monoisotopic (exact) mass is 310 g/mol. The standard InChI is InChI=1S/C18H15ClN2O/c1-11-8-12-4-2-3-5-17(12)21(11)10-15-14-9-13(19)6-7-16(14)20-18(15)22/h2-7,9-11H,8H2,1H3,(H,20,22)/b15-10+. The van der Waals surface area contributed by atoms with Gasteiger partial charge in [0.05, 0.1) is 5.57 Å². The molecule has 0 radical (unpaired) electrons. The first kappa shape index (κ1) is 13.4. The largest absolute Gasteiger partial charge is 0.344 e. The molecule has 1 atom stereocenters. The van der Waals surface area contributed by atoms with E-state index in [0.717, 1.165) is 17.7 Å². The van der Waals surface area contributed by atoms with Gasteiger partial charge >= 0.3 is 0 Å². The number of anilines is 2. The topological polar surface area (TPSA) is 32.3 Å². The van der Waals surface area contributed by atoms with Crippen LogP contribution >= 0.6 is 11.6 Å². The number of nitrogens with zero attached hydrogens (tertiary/aromatic N) is 1. The number of carbonyl (C=O) groups is 1. The molecule has 1 amide bonds. The lowest BCUT2D eigenvalue weighted by molar-refractivity contribution is -0.110. The molecule has 3 nitrogen and oxygen atoms in total. The van der Waals surface area contributed by atoms with Gasteiger partial charge < -0.3 is 10.2 Å². The second-order valence-electron chi connectivity index (χ2n) is 5.78. The van der Waals surface area contributed by atoms with E-state index in [9.17, 15) is 4.79 Å². The molecule has 2 heterocycles. The Hall–Kier alpha value is -2.26. The predicted octanol–water partition coefficient (Wildman–Crippen LogP) is 4.08. The molecule has 2 aliphatic rings. The molecule has 0 bridgehead atoms. The van der Waals surface area contributed by atoms with Gasteiger partial charge in [-0.3, -0.25) is 4.79 Å². The molecule has 0 aromatic heterocycles. The Kier molecular flexibility index (Phi) is 2.98. The fourth-order valence-corrected chi connectivity index (χ4v) is 3.39. The van der Waals surface area contributed by atoms with Crippen LogP contribution in [0.4, 0.5) is 11.4 Å². The zero-order valence-corrected chi connectivity index (χ0v) is 12.9. The minimum absolute atomic E-state index is 0.0751. The molecule has 4 rings (SSSR count). The maximum Gasteiger partial charge on any atom is 0.257 e. The number of rotatable bonds is 1. The molecule has 4 heteroatoms. The van der Waals surface area contributed by atoms with E-state index in [1.54, 1.807) is 6.07 Å². The molecule has 0 saturated heterocycles. The summed E-state index contributed by atoms with van der Waals surface area (Å²) < 4.78 is 0. The highest BCUT2D eigenvalue weighted by molar-refractivity contribution is 6.34. The molecule has 0 aliphatic carbocycles. The second kappa shape index (κ2) is 4.89. The number of hydrogen-bond donors (Lipinski definition) is 1. The van der Waals surface area contributed by atoms with Gasteiger partial charge in [-0.25, -0.2) is 0 Å². The van der Waals surface area contributed by atoms with Crippen molar-refractivity contribution in [3.05, 3.63) is 64.8 Å². The number of carbonyl (C=O) groups excluding carboxylic acids is 1. The quantitative estimate of drug-likeness (QED) is 0.805. The Bertz CT molecular complexity index is 812. The predicted molar refractivity (Wildman–Crippen MR) is 90.1 cm³/mol. The van der Waals surface area contributed by atoms with Gasteiger partial charge in [0.1, 0.15) is 0 Å². The summed E-state index contributed by atoms with van der Waals surface area (Å²) in [5.74, 6) is -0.0751. The fourth-order valence-electron chi connectivity index (χ4n) is 3.21. The van der Waals surface area contributed by atoms with E-state index in [-0.39, 0.29) is 5.91 Å². The summed E-state index contributed by atoms with van der Waals surface area (Å²) in [5, 5.41) is 3.53. The summed E-state index contributed by atoms with van der Waals surface area (Å²) in [5.41, 5.74) is 4.85. The Morgan fingerprint density at radius 2 is 2.09 bits per heavy atom. The van der Waals surface area contributed by atoms with Gasteiger partial charge in [0, 0.05) is 34.2 Å². The van der Waals surface area contributed by atoms with Crippen molar-refractivity contribution in [2.24, 2.45) is 0 Å². The third kappa shape index (κ3) is 2.01. The molecule has 1 unspecified atom stereocenters. The van der Waals surface area contributed by atoms with Crippen LogP contribution in [0.15, 0.2) is 48.7 Å². The Morgan fingerprint density at radius 1 is 1.27 bits per heavy atom. The van der Waals surface area contributed by atoms with Crippen molar-refractivity contribution in [3.8, 4) is 0 Å². The lowest BCUT2D eigenvalue weighted by Crippen LogP contribution is -2.24.